The van der Waals surface area contributed by atoms with Gasteiger partial charge in [-0.05, 0) is 24.7 Å². The van der Waals surface area contributed by atoms with Gasteiger partial charge >= 0.3 is 51.4 Å². The minimum Gasteiger partial charge on any atom is -0.756 e. The number of unbranched alkanes of at least 4 members (excludes halogenated alkanes) is 2. The van der Waals surface area contributed by atoms with Crippen LogP contribution in [0.25, 0.3) is 0 Å². The molecule has 0 aromatic rings. The van der Waals surface area contributed by atoms with Crippen molar-refractivity contribution in [3.05, 3.63) is 0 Å². The molecule has 0 aliphatic carbocycles. The first-order valence-electron chi connectivity index (χ1n) is 8.59. The Morgan fingerprint density at radius 1 is 0.870 bits per heavy atom. The van der Waals surface area contributed by atoms with E-state index in [0.717, 1.165) is 51.4 Å². The van der Waals surface area contributed by atoms with E-state index in [1.54, 1.807) is 0 Å². The molecule has 0 aromatic carbocycles. The maximum atomic E-state index is 11.8. The van der Waals surface area contributed by atoms with Crippen molar-refractivity contribution in [2.75, 3.05) is 13.2 Å². The van der Waals surface area contributed by atoms with Gasteiger partial charge in [0.15, 0.2) is 0 Å². The normalized spacial score (nSPS) is 15.9. The second kappa shape index (κ2) is 18.5. The Morgan fingerprint density at radius 2 is 1.22 bits per heavy atom. The summed E-state index contributed by atoms with van der Waals surface area (Å²) in [4.78, 5) is 11.8. The molecule has 0 bridgehead atoms. The van der Waals surface area contributed by atoms with Crippen molar-refractivity contribution in [1.29, 1.82) is 0 Å². The third-order valence-corrected chi connectivity index (χ3v) is 4.95. The Labute approximate surface area is 185 Å². The van der Waals surface area contributed by atoms with E-state index >= 15 is 0 Å². The number of phosphoric ester groups is 1. The first-order chi connectivity index (χ1) is 9.99. The van der Waals surface area contributed by atoms with Crippen LogP contribution in [0.4, 0.5) is 0 Å². The van der Waals surface area contributed by atoms with Crippen LogP contribution in [-0.4, -0.2) is 18.7 Å². The summed E-state index contributed by atoms with van der Waals surface area (Å²) in [6.45, 7) is 8.91. The maximum Gasteiger partial charge on any atom is 1.00 e. The van der Waals surface area contributed by atoms with E-state index in [-0.39, 0.29) is 70.1 Å². The number of hydrogen-bond acceptors (Lipinski definition) is 4. The van der Waals surface area contributed by atoms with Gasteiger partial charge in [0.25, 0.3) is 7.82 Å². The summed E-state index contributed by atoms with van der Waals surface area (Å²) in [6.07, 6.45) is 8.38. The molecule has 0 amide bonds. The minimum atomic E-state index is -4.14. The predicted octanol–water partition coefficient (Wildman–Crippen LogP) is 1.10. The molecule has 0 saturated carbocycles. The molecule has 0 aliphatic rings. The van der Waals surface area contributed by atoms with Crippen LogP contribution in [0.2, 0.25) is 0 Å². The van der Waals surface area contributed by atoms with Gasteiger partial charge in [0.05, 0.1) is 13.2 Å². The van der Waals surface area contributed by atoms with Gasteiger partial charge in [-0.15, -0.1) is 0 Å². The van der Waals surface area contributed by atoms with Gasteiger partial charge in [-0.25, -0.2) is 0 Å². The van der Waals surface area contributed by atoms with Crippen molar-refractivity contribution in [2.45, 2.75) is 79.1 Å². The second-order valence-electron chi connectivity index (χ2n) is 5.87. The molecule has 2 N–H and O–H groups in total. The largest absolute Gasteiger partial charge is 1.00 e. The van der Waals surface area contributed by atoms with E-state index in [4.69, 9.17) is 9.05 Å². The molecule has 0 spiro atoms. The number of phosphoric acid groups is 1. The zero-order chi connectivity index (χ0) is 16.1. The van der Waals surface area contributed by atoms with Crippen LogP contribution >= 0.6 is 7.82 Å². The number of hydrogen-bond donors (Lipinski definition) is 0. The maximum absolute atomic E-state index is 11.8. The molecule has 0 heterocycles. The average molecular weight is 379 g/mol. The summed E-state index contributed by atoms with van der Waals surface area (Å²) in [7, 11) is -4.14. The quantitative estimate of drug-likeness (QED) is 0.334. The Morgan fingerprint density at radius 3 is 1.48 bits per heavy atom. The zero-order valence-electron chi connectivity index (χ0n) is 15.8. The second-order valence-corrected chi connectivity index (χ2v) is 7.28. The van der Waals surface area contributed by atoms with Gasteiger partial charge in [-0.1, -0.05) is 66.2 Å². The molecule has 7 heteroatoms. The molecule has 0 rings (SSSR count). The summed E-state index contributed by atoms with van der Waals surface area (Å²) in [5.41, 5.74) is 0. The van der Waals surface area contributed by atoms with E-state index in [1.807, 2.05) is 0 Å². The molecule has 0 radical (unpaired) electrons. The van der Waals surface area contributed by atoms with Crippen LogP contribution in [0.15, 0.2) is 0 Å². The summed E-state index contributed by atoms with van der Waals surface area (Å²) in [5.74, 6) is 0.607. The smallest absolute Gasteiger partial charge is 0.756 e. The van der Waals surface area contributed by atoms with Gasteiger partial charge in [0.2, 0.25) is 0 Å². The fourth-order valence-corrected chi connectivity index (χ4v) is 3.09. The van der Waals surface area contributed by atoms with Crippen molar-refractivity contribution in [2.24, 2.45) is 11.8 Å². The standard InChI is InChI=1S/C16H35O4P.K.H2O/c1-5-9-11-15(7-3)13-19-21(17,18)20-14-16(8-4)12-10-6-2;;/h15-16H,5-14H2,1-4H3,(H,17,18);;1H2/q;+1;/p-1. The fourth-order valence-electron chi connectivity index (χ4n) is 2.23. The van der Waals surface area contributed by atoms with Crippen LogP contribution in [0.5, 0.6) is 0 Å². The van der Waals surface area contributed by atoms with Crippen molar-refractivity contribution in [3.8, 4) is 0 Å². The van der Waals surface area contributed by atoms with Gasteiger partial charge < -0.3 is 19.4 Å². The van der Waals surface area contributed by atoms with E-state index < -0.39 is 7.82 Å². The molecule has 136 valence electrons. The summed E-state index contributed by atoms with van der Waals surface area (Å²) >= 11 is 0. The van der Waals surface area contributed by atoms with Crippen LogP contribution in [0.1, 0.15) is 79.1 Å². The van der Waals surface area contributed by atoms with Crippen molar-refractivity contribution < 1.29 is 75.4 Å². The van der Waals surface area contributed by atoms with Crippen LogP contribution in [0, 0.1) is 11.8 Å². The molecule has 2 atom stereocenters. The molecule has 23 heavy (non-hydrogen) atoms. The average Bonchev–Trinajstić information content (AvgIpc) is 2.47. The summed E-state index contributed by atoms with van der Waals surface area (Å²) < 4.78 is 21.9. The summed E-state index contributed by atoms with van der Waals surface area (Å²) in [6, 6.07) is 0. The van der Waals surface area contributed by atoms with Gasteiger partial charge in [-0.3, -0.25) is 4.57 Å². The molecule has 0 aromatic heterocycles. The Balaban J connectivity index is -0.00000200. The third-order valence-electron chi connectivity index (χ3n) is 4.02. The molecule has 0 aliphatic heterocycles. The Hall–Kier alpha value is 1.71. The Kier molecular flexibility index (Phi) is 23.7. The van der Waals surface area contributed by atoms with E-state index in [9.17, 15) is 9.46 Å². The first kappa shape index (κ1) is 29.5. The zero-order valence-corrected chi connectivity index (χ0v) is 19.8. The number of rotatable bonds is 14. The van der Waals surface area contributed by atoms with Crippen LogP contribution in [0.3, 0.4) is 0 Å². The van der Waals surface area contributed by atoms with Crippen molar-refractivity contribution in [1.82, 2.24) is 0 Å². The van der Waals surface area contributed by atoms with Gasteiger partial charge in [0.1, 0.15) is 0 Å². The Bertz CT molecular complexity index is 268. The third kappa shape index (κ3) is 16.9. The molecule has 2 unspecified atom stereocenters. The van der Waals surface area contributed by atoms with Crippen molar-refractivity contribution in [3.63, 3.8) is 0 Å². The van der Waals surface area contributed by atoms with E-state index in [0.29, 0.717) is 11.8 Å². The molecule has 5 nitrogen and oxygen atoms in total. The van der Waals surface area contributed by atoms with E-state index in [2.05, 4.69) is 27.7 Å². The molecular formula is C16H36KO5P. The van der Waals surface area contributed by atoms with Crippen molar-refractivity contribution >= 4 is 7.82 Å². The summed E-state index contributed by atoms with van der Waals surface area (Å²) in [5, 5.41) is 0. The molecule has 0 saturated heterocycles. The topological polar surface area (TPSA) is 90.1 Å². The van der Waals surface area contributed by atoms with Crippen LogP contribution in [-0.2, 0) is 13.6 Å². The minimum absolute atomic E-state index is 0. The molecular weight excluding hydrogens is 342 g/mol. The van der Waals surface area contributed by atoms with Gasteiger partial charge in [0, 0.05) is 0 Å². The predicted molar refractivity (Wildman–Crippen MR) is 89.7 cm³/mol. The molecule has 0 fully saturated rings. The fraction of sp³-hybridized carbons (Fsp3) is 1.00. The van der Waals surface area contributed by atoms with E-state index in [1.165, 1.54) is 0 Å². The monoisotopic (exact) mass is 378 g/mol. The van der Waals surface area contributed by atoms with Crippen LogP contribution < -0.4 is 56.3 Å². The first-order valence-corrected chi connectivity index (χ1v) is 10.0. The SMILES string of the molecule is CCCCC(CC)COP(=O)([O-])OCC(CC)CCCC.O.[K+]. The van der Waals surface area contributed by atoms with Gasteiger partial charge in [-0.2, -0.15) is 0 Å².